The zero-order valence-corrected chi connectivity index (χ0v) is 11.8. The van der Waals surface area contributed by atoms with Crippen LogP contribution in [0.2, 0.25) is 0 Å². The van der Waals surface area contributed by atoms with Gasteiger partial charge in [0.05, 0.1) is 0 Å². The second kappa shape index (κ2) is 5.93. The van der Waals surface area contributed by atoms with Crippen molar-refractivity contribution in [2.24, 2.45) is 0 Å². The fourth-order valence-electron chi connectivity index (χ4n) is 3.02. The molecule has 1 unspecified atom stereocenters. The van der Waals surface area contributed by atoms with Gasteiger partial charge >= 0.3 is 0 Å². The van der Waals surface area contributed by atoms with Crippen molar-refractivity contribution in [2.75, 3.05) is 32.7 Å². The molecular formula is C16H24N2O. The van der Waals surface area contributed by atoms with Gasteiger partial charge < -0.3 is 9.64 Å². The summed E-state index contributed by atoms with van der Waals surface area (Å²) in [5.74, 6) is 1.08. The fourth-order valence-corrected chi connectivity index (χ4v) is 3.02. The SMILES string of the molecule is CCCCN1CCN(C2Cc3ccccc3O2)CC1. The number of ether oxygens (including phenoxy) is 1. The Bertz CT molecular complexity index is 388. The maximum Gasteiger partial charge on any atom is 0.156 e. The summed E-state index contributed by atoms with van der Waals surface area (Å²) in [7, 11) is 0. The third-order valence-electron chi connectivity index (χ3n) is 4.27. The molecule has 1 saturated heterocycles. The molecule has 0 saturated carbocycles. The van der Waals surface area contributed by atoms with E-state index in [1.54, 1.807) is 0 Å². The van der Waals surface area contributed by atoms with Gasteiger partial charge in [0, 0.05) is 32.6 Å². The summed E-state index contributed by atoms with van der Waals surface area (Å²) in [5, 5.41) is 0. The van der Waals surface area contributed by atoms with Crippen molar-refractivity contribution in [1.82, 2.24) is 9.80 Å². The highest BCUT2D eigenvalue weighted by Crippen LogP contribution is 2.29. The number of hydrogen-bond acceptors (Lipinski definition) is 3. The van der Waals surface area contributed by atoms with Gasteiger partial charge in [-0.25, -0.2) is 0 Å². The van der Waals surface area contributed by atoms with E-state index >= 15 is 0 Å². The summed E-state index contributed by atoms with van der Waals surface area (Å²) in [4.78, 5) is 5.09. The maximum absolute atomic E-state index is 6.07. The number of nitrogens with zero attached hydrogens (tertiary/aromatic N) is 2. The Balaban J connectivity index is 1.51. The van der Waals surface area contributed by atoms with Gasteiger partial charge in [-0.05, 0) is 24.6 Å². The van der Waals surface area contributed by atoms with Crippen LogP contribution in [0.1, 0.15) is 25.3 Å². The minimum Gasteiger partial charge on any atom is -0.474 e. The lowest BCUT2D eigenvalue weighted by Gasteiger charge is -2.37. The van der Waals surface area contributed by atoms with E-state index in [9.17, 15) is 0 Å². The number of piperazine rings is 1. The van der Waals surface area contributed by atoms with Gasteiger partial charge in [-0.2, -0.15) is 0 Å². The molecule has 3 heteroatoms. The van der Waals surface area contributed by atoms with Gasteiger partial charge in [-0.15, -0.1) is 0 Å². The van der Waals surface area contributed by atoms with Crippen LogP contribution < -0.4 is 4.74 Å². The van der Waals surface area contributed by atoms with Crippen LogP contribution in [0, 0.1) is 0 Å². The van der Waals surface area contributed by atoms with Crippen LogP contribution >= 0.6 is 0 Å². The van der Waals surface area contributed by atoms with Crippen LogP contribution in [0.4, 0.5) is 0 Å². The molecule has 2 aliphatic rings. The molecule has 1 atom stereocenters. The summed E-state index contributed by atoms with van der Waals surface area (Å²) in [6.45, 7) is 8.19. The molecule has 0 amide bonds. The third kappa shape index (κ3) is 2.93. The number of fused-ring (bicyclic) bond motifs is 1. The molecule has 3 rings (SSSR count). The van der Waals surface area contributed by atoms with Crippen molar-refractivity contribution in [1.29, 1.82) is 0 Å². The first-order chi connectivity index (χ1) is 9.36. The minimum absolute atomic E-state index is 0.269. The molecule has 1 fully saturated rings. The molecule has 0 aromatic heterocycles. The average Bonchev–Trinajstić information content (AvgIpc) is 2.89. The number of benzene rings is 1. The second-order valence-electron chi connectivity index (χ2n) is 5.62. The Labute approximate surface area is 116 Å². The zero-order chi connectivity index (χ0) is 13.1. The largest absolute Gasteiger partial charge is 0.474 e. The van der Waals surface area contributed by atoms with Crippen LogP contribution in [0.5, 0.6) is 5.75 Å². The average molecular weight is 260 g/mol. The molecule has 0 spiro atoms. The first kappa shape index (κ1) is 12.9. The molecule has 2 heterocycles. The van der Waals surface area contributed by atoms with E-state index in [4.69, 9.17) is 4.74 Å². The lowest BCUT2D eigenvalue weighted by molar-refractivity contribution is 0.00534. The van der Waals surface area contributed by atoms with Gasteiger partial charge in [0.1, 0.15) is 5.75 Å². The molecule has 104 valence electrons. The van der Waals surface area contributed by atoms with Crippen molar-refractivity contribution in [3.8, 4) is 5.75 Å². The fraction of sp³-hybridized carbons (Fsp3) is 0.625. The van der Waals surface area contributed by atoms with Gasteiger partial charge in [0.25, 0.3) is 0 Å². The van der Waals surface area contributed by atoms with E-state index in [1.165, 1.54) is 38.0 Å². The van der Waals surface area contributed by atoms with Crippen LogP contribution in [0.25, 0.3) is 0 Å². The molecule has 0 bridgehead atoms. The first-order valence-corrected chi connectivity index (χ1v) is 7.58. The number of unbranched alkanes of at least 4 members (excludes halogenated alkanes) is 1. The van der Waals surface area contributed by atoms with Crippen LogP contribution in [-0.4, -0.2) is 48.8 Å². The zero-order valence-electron chi connectivity index (χ0n) is 11.8. The van der Waals surface area contributed by atoms with Crippen molar-refractivity contribution in [3.05, 3.63) is 29.8 Å². The van der Waals surface area contributed by atoms with Gasteiger partial charge in [-0.1, -0.05) is 31.5 Å². The van der Waals surface area contributed by atoms with Crippen molar-refractivity contribution in [2.45, 2.75) is 32.4 Å². The second-order valence-corrected chi connectivity index (χ2v) is 5.62. The Morgan fingerprint density at radius 3 is 2.68 bits per heavy atom. The van der Waals surface area contributed by atoms with E-state index in [2.05, 4.69) is 41.0 Å². The highest BCUT2D eigenvalue weighted by molar-refractivity contribution is 5.37. The molecule has 1 aromatic carbocycles. The number of para-hydroxylation sites is 1. The Hall–Kier alpha value is -1.06. The third-order valence-corrected chi connectivity index (χ3v) is 4.27. The molecule has 0 aliphatic carbocycles. The molecule has 19 heavy (non-hydrogen) atoms. The smallest absolute Gasteiger partial charge is 0.156 e. The van der Waals surface area contributed by atoms with Crippen molar-refractivity contribution >= 4 is 0 Å². The molecule has 0 radical (unpaired) electrons. The van der Waals surface area contributed by atoms with E-state index in [0.717, 1.165) is 25.3 Å². The lowest BCUT2D eigenvalue weighted by atomic mass is 10.1. The predicted octanol–water partition coefficient (Wildman–Crippen LogP) is 2.37. The molecular weight excluding hydrogens is 236 g/mol. The van der Waals surface area contributed by atoms with Gasteiger partial charge in [0.2, 0.25) is 0 Å². The maximum atomic E-state index is 6.07. The highest BCUT2D eigenvalue weighted by atomic mass is 16.5. The standard InChI is InChI=1S/C16H24N2O/c1-2-3-8-17-9-11-18(12-10-17)16-13-14-6-4-5-7-15(14)19-16/h4-7,16H,2-3,8-13H2,1H3. The Morgan fingerprint density at radius 2 is 1.95 bits per heavy atom. The quantitative estimate of drug-likeness (QED) is 0.826. The van der Waals surface area contributed by atoms with E-state index in [0.29, 0.717) is 0 Å². The number of hydrogen-bond donors (Lipinski definition) is 0. The summed E-state index contributed by atoms with van der Waals surface area (Å²) in [5.41, 5.74) is 1.36. The number of rotatable bonds is 4. The molecule has 3 nitrogen and oxygen atoms in total. The lowest BCUT2D eigenvalue weighted by Crippen LogP contribution is -2.51. The highest BCUT2D eigenvalue weighted by Gasteiger charge is 2.30. The first-order valence-electron chi connectivity index (χ1n) is 7.58. The van der Waals surface area contributed by atoms with Crippen LogP contribution in [0.3, 0.4) is 0 Å². The molecule has 0 N–H and O–H groups in total. The van der Waals surface area contributed by atoms with Crippen LogP contribution in [0.15, 0.2) is 24.3 Å². The van der Waals surface area contributed by atoms with Crippen LogP contribution in [-0.2, 0) is 6.42 Å². The Morgan fingerprint density at radius 1 is 1.16 bits per heavy atom. The Kier molecular flexibility index (Phi) is 4.04. The van der Waals surface area contributed by atoms with E-state index in [-0.39, 0.29) is 6.23 Å². The predicted molar refractivity (Wildman–Crippen MR) is 77.5 cm³/mol. The monoisotopic (exact) mass is 260 g/mol. The van der Waals surface area contributed by atoms with E-state index < -0.39 is 0 Å². The summed E-state index contributed by atoms with van der Waals surface area (Å²) >= 11 is 0. The van der Waals surface area contributed by atoms with E-state index in [1.807, 2.05) is 0 Å². The van der Waals surface area contributed by atoms with Crippen molar-refractivity contribution < 1.29 is 4.74 Å². The van der Waals surface area contributed by atoms with Crippen molar-refractivity contribution in [3.63, 3.8) is 0 Å². The molecule has 2 aliphatic heterocycles. The summed E-state index contributed by atoms with van der Waals surface area (Å²) in [6, 6.07) is 8.44. The summed E-state index contributed by atoms with van der Waals surface area (Å²) < 4.78 is 6.07. The minimum atomic E-state index is 0.269. The van der Waals surface area contributed by atoms with Gasteiger partial charge in [0.15, 0.2) is 6.23 Å². The van der Waals surface area contributed by atoms with Gasteiger partial charge in [-0.3, -0.25) is 4.90 Å². The molecule has 1 aromatic rings. The normalized spacial score (nSPS) is 24.2. The summed E-state index contributed by atoms with van der Waals surface area (Å²) in [6.07, 6.45) is 3.93. The topological polar surface area (TPSA) is 15.7 Å².